The van der Waals surface area contributed by atoms with Gasteiger partial charge < -0.3 is 5.32 Å². The minimum absolute atomic E-state index is 0.0744. The van der Waals surface area contributed by atoms with Crippen LogP contribution in [0.1, 0.15) is 25.0 Å². The van der Waals surface area contributed by atoms with E-state index in [1.54, 1.807) is 12.1 Å². The van der Waals surface area contributed by atoms with Crippen LogP contribution in [-0.4, -0.2) is 26.4 Å². The van der Waals surface area contributed by atoms with E-state index in [4.69, 9.17) is 0 Å². The van der Waals surface area contributed by atoms with Gasteiger partial charge in [-0.2, -0.15) is 4.72 Å². The lowest BCUT2D eigenvalue weighted by Gasteiger charge is -2.20. The summed E-state index contributed by atoms with van der Waals surface area (Å²) in [5, 5.41) is 2.78. The van der Waals surface area contributed by atoms with Gasteiger partial charge in [-0.05, 0) is 44.9 Å². The molecule has 134 valence electrons. The minimum atomic E-state index is -3.79. The molecular weight excluding hydrogens is 336 g/mol. The van der Waals surface area contributed by atoms with Crippen LogP contribution >= 0.6 is 0 Å². The van der Waals surface area contributed by atoms with Crippen molar-refractivity contribution in [3.63, 3.8) is 0 Å². The van der Waals surface area contributed by atoms with Crippen molar-refractivity contribution in [2.45, 2.75) is 44.2 Å². The van der Waals surface area contributed by atoms with Gasteiger partial charge in [0.05, 0.1) is 4.90 Å². The maximum atomic E-state index is 12.6. The lowest BCUT2D eigenvalue weighted by atomic mass is 10.1. The van der Waals surface area contributed by atoms with Gasteiger partial charge in [-0.25, -0.2) is 8.42 Å². The summed E-state index contributed by atoms with van der Waals surface area (Å²) in [7, 11) is -3.79. The van der Waals surface area contributed by atoms with Crippen molar-refractivity contribution in [1.82, 2.24) is 10.0 Å². The number of rotatable bonds is 7. The minimum Gasteiger partial charge on any atom is -0.353 e. The molecule has 0 radical (unpaired) electrons. The van der Waals surface area contributed by atoms with Crippen LogP contribution in [0.3, 0.4) is 0 Å². The summed E-state index contributed by atoms with van der Waals surface area (Å²) >= 11 is 0. The second kappa shape index (κ2) is 8.27. The number of carbonyl (C=O) groups excluding carboxylic acids is 1. The molecule has 6 heteroatoms. The Kier molecular flexibility index (Phi) is 6.33. The van der Waals surface area contributed by atoms with Gasteiger partial charge in [0.2, 0.25) is 15.9 Å². The van der Waals surface area contributed by atoms with Crippen LogP contribution in [0.5, 0.6) is 0 Å². The van der Waals surface area contributed by atoms with Gasteiger partial charge >= 0.3 is 0 Å². The largest absolute Gasteiger partial charge is 0.353 e. The number of sulfonamides is 1. The molecule has 1 amide bonds. The predicted octanol–water partition coefficient (Wildman–Crippen LogP) is 2.41. The highest BCUT2D eigenvalue weighted by atomic mass is 32.2. The fourth-order valence-electron chi connectivity index (χ4n) is 2.40. The highest BCUT2D eigenvalue weighted by molar-refractivity contribution is 7.89. The third kappa shape index (κ3) is 5.69. The summed E-state index contributed by atoms with van der Waals surface area (Å²) in [4.78, 5) is 12.6. The van der Waals surface area contributed by atoms with Crippen LogP contribution in [0.25, 0.3) is 0 Å². The lowest BCUT2D eigenvalue weighted by Crippen LogP contribution is -2.49. The van der Waals surface area contributed by atoms with Crippen molar-refractivity contribution in [3.8, 4) is 0 Å². The first kappa shape index (κ1) is 19.1. The van der Waals surface area contributed by atoms with E-state index < -0.39 is 16.1 Å². The Morgan fingerprint density at radius 2 is 1.60 bits per heavy atom. The fraction of sp³-hybridized carbons (Fsp3) is 0.316. The van der Waals surface area contributed by atoms with Gasteiger partial charge in [0.25, 0.3) is 0 Å². The van der Waals surface area contributed by atoms with Crippen LogP contribution in [-0.2, 0) is 21.2 Å². The number of nitrogens with one attached hydrogen (secondary N) is 2. The molecule has 0 bridgehead atoms. The van der Waals surface area contributed by atoms with Crippen molar-refractivity contribution in [2.75, 3.05) is 0 Å². The summed E-state index contributed by atoms with van der Waals surface area (Å²) in [6.07, 6.45) is 0.282. The van der Waals surface area contributed by atoms with E-state index in [1.807, 2.05) is 51.1 Å². The second-order valence-electron chi connectivity index (χ2n) is 6.34. The van der Waals surface area contributed by atoms with Gasteiger partial charge in [-0.3, -0.25) is 4.79 Å². The molecule has 0 aliphatic heterocycles. The van der Waals surface area contributed by atoms with E-state index in [1.165, 1.54) is 12.1 Å². The Bertz CT molecular complexity index is 800. The first-order valence-corrected chi connectivity index (χ1v) is 9.69. The molecule has 0 aliphatic rings. The van der Waals surface area contributed by atoms with Crippen molar-refractivity contribution in [1.29, 1.82) is 0 Å². The SMILES string of the molecule is Cc1ccc(S(=O)(=O)NC(Cc2ccccc2)C(=O)NC(C)C)cc1. The molecule has 0 aromatic heterocycles. The Morgan fingerprint density at radius 3 is 2.16 bits per heavy atom. The first-order chi connectivity index (χ1) is 11.8. The second-order valence-corrected chi connectivity index (χ2v) is 8.05. The number of benzene rings is 2. The Balaban J connectivity index is 2.25. The van der Waals surface area contributed by atoms with Gasteiger partial charge in [0.15, 0.2) is 0 Å². The smallest absolute Gasteiger partial charge is 0.241 e. The standard InChI is InChI=1S/C19H24N2O3S/c1-14(2)20-19(22)18(13-16-7-5-4-6-8-16)21-25(23,24)17-11-9-15(3)10-12-17/h4-12,14,18,21H,13H2,1-3H3,(H,20,22). The average molecular weight is 360 g/mol. The number of hydrogen-bond acceptors (Lipinski definition) is 3. The number of carbonyl (C=O) groups is 1. The average Bonchev–Trinajstić information content (AvgIpc) is 2.55. The van der Waals surface area contributed by atoms with Crippen molar-refractivity contribution >= 4 is 15.9 Å². The molecule has 0 fully saturated rings. The van der Waals surface area contributed by atoms with Crippen molar-refractivity contribution in [2.24, 2.45) is 0 Å². The van der Waals surface area contributed by atoms with Gasteiger partial charge in [0.1, 0.15) is 6.04 Å². The van der Waals surface area contributed by atoms with Crippen LogP contribution < -0.4 is 10.0 Å². The van der Waals surface area contributed by atoms with E-state index in [2.05, 4.69) is 10.0 Å². The Hall–Kier alpha value is -2.18. The molecule has 1 atom stereocenters. The summed E-state index contributed by atoms with van der Waals surface area (Å²) in [6, 6.07) is 14.9. The highest BCUT2D eigenvalue weighted by Gasteiger charge is 2.26. The van der Waals surface area contributed by atoms with E-state index in [-0.39, 0.29) is 23.3 Å². The van der Waals surface area contributed by atoms with Gasteiger partial charge in [-0.1, -0.05) is 48.0 Å². The molecule has 1 unspecified atom stereocenters. The van der Waals surface area contributed by atoms with Gasteiger partial charge in [-0.15, -0.1) is 0 Å². The summed E-state index contributed by atoms with van der Waals surface area (Å²) in [6.45, 7) is 5.57. The van der Waals surface area contributed by atoms with Crippen LogP contribution in [0.4, 0.5) is 0 Å². The van der Waals surface area contributed by atoms with E-state index in [0.29, 0.717) is 0 Å². The lowest BCUT2D eigenvalue weighted by molar-refractivity contribution is -0.123. The topological polar surface area (TPSA) is 75.3 Å². The third-order valence-corrected chi connectivity index (χ3v) is 5.15. The Labute approximate surface area is 149 Å². The monoisotopic (exact) mass is 360 g/mol. The number of hydrogen-bond donors (Lipinski definition) is 2. The molecule has 0 spiro atoms. The predicted molar refractivity (Wildman–Crippen MR) is 98.7 cm³/mol. The fourth-order valence-corrected chi connectivity index (χ4v) is 3.59. The van der Waals surface area contributed by atoms with Crippen molar-refractivity contribution < 1.29 is 13.2 Å². The molecule has 0 heterocycles. The molecule has 0 saturated carbocycles. The normalized spacial score (nSPS) is 12.8. The molecule has 0 saturated heterocycles. The molecule has 2 aromatic rings. The highest BCUT2D eigenvalue weighted by Crippen LogP contribution is 2.12. The van der Waals surface area contributed by atoms with Crippen molar-refractivity contribution in [3.05, 3.63) is 65.7 Å². The summed E-state index contributed by atoms with van der Waals surface area (Å²) < 4.78 is 27.8. The molecule has 0 aliphatic carbocycles. The van der Waals surface area contributed by atoms with Crippen LogP contribution in [0, 0.1) is 6.92 Å². The molecule has 25 heavy (non-hydrogen) atoms. The first-order valence-electron chi connectivity index (χ1n) is 8.21. The zero-order valence-electron chi connectivity index (χ0n) is 14.7. The van der Waals surface area contributed by atoms with E-state index in [9.17, 15) is 13.2 Å². The molecular formula is C19H24N2O3S. The van der Waals surface area contributed by atoms with E-state index in [0.717, 1.165) is 11.1 Å². The maximum absolute atomic E-state index is 12.6. The summed E-state index contributed by atoms with van der Waals surface area (Å²) in [5.74, 6) is -0.338. The number of aryl methyl sites for hydroxylation is 1. The quantitative estimate of drug-likeness (QED) is 0.796. The number of amides is 1. The van der Waals surface area contributed by atoms with Crippen LogP contribution in [0.2, 0.25) is 0 Å². The molecule has 2 N–H and O–H groups in total. The maximum Gasteiger partial charge on any atom is 0.241 e. The molecule has 2 rings (SSSR count). The third-order valence-electron chi connectivity index (χ3n) is 3.66. The van der Waals surface area contributed by atoms with Crippen LogP contribution in [0.15, 0.2) is 59.5 Å². The zero-order chi connectivity index (χ0) is 18.4. The molecule has 5 nitrogen and oxygen atoms in total. The molecule has 2 aromatic carbocycles. The van der Waals surface area contributed by atoms with E-state index >= 15 is 0 Å². The zero-order valence-corrected chi connectivity index (χ0v) is 15.5. The summed E-state index contributed by atoms with van der Waals surface area (Å²) in [5.41, 5.74) is 1.86. The van der Waals surface area contributed by atoms with Gasteiger partial charge in [0, 0.05) is 6.04 Å². The Morgan fingerprint density at radius 1 is 1.00 bits per heavy atom.